The maximum atomic E-state index is 13.6. The van der Waals surface area contributed by atoms with Gasteiger partial charge in [-0.25, -0.2) is 28.1 Å². The molecule has 7 amide bonds. The van der Waals surface area contributed by atoms with E-state index in [-0.39, 0.29) is 86.4 Å². The summed E-state index contributed by atoms with van der Waals surface area (Å²) in [6, 6.07) is -4.64. The fraction of sp³-hybridized carbons (Fsp3) is 0.674. The number of carbonyl (C=O) groups is 9. The Morgan fingerprint density at radius 3 is 2.13 bits per heavy atom. The van der Waals surface area contributed by atoms with E-state index in [1.54, 1.807) is 11.8 Å². The van der Waals surface area contributed by atoms with Crippen LogP contribution in [-0.2, 0) is 69.9 Å². The van der Waals surface area contributed by atoms with Gasteiger partial charge in [0.1, 0.15) is 36.0 Å². The van der Waals surface area contributed by atoms with Gasteiger partial charge < -0.3 is 82.0 Å². The number of nitrogens with one attached hydrogen (secondary N) is 8. The third kappa shape index (κ3) is 27.5. The van der Waals surface area contributed by atoms with Crippen LogP contribution in [0.1, 0.15) is 116 Å². The van der Waals surface area contributed by atoms with Gasteiger partial charge in [-0.3, -0.25) is 52.4 Å². The summed E-state index contributed by atoms with van der Waals surface area (Å²) in [6.07, 6.45) is -1.93. The fourth-order valence-corrected chi connectivity index (χ4v) is 15.7. The molecular weight excluding hydrogens is 1280 g/mol. The highest BCUT2D eigenvalue weighted by atomic mass is 33.1. The van der Waals surface area contributed by atoms with Crippen LogP contribution in [-0.4, -0.2) is 187 Å². The van der Waals surface area contributed by atoms with Crippen molar-refractivity contribution in [2.75, 3.05) is 31.2 Å². The number of rotatable bonds is 38. The number of ether oxygens (including phenoxy) is 1. The highest BCUT2D eigenvalue weighted by Crippen LogP contribution is 2.66. The maximum Gasteiger partial charge on any atom is 0.490 e. The predicted octanol–water partition coefficient (Wildman–Crippen LogP) is -0.783. The van der Waals surface area contributed by atoms with Crippen molar-refractivity contribution in [3.8, 4) is 11.8 Å². The molecule has 4 heterocycles. The molecule has 4 rings (SSSR count). The number of amides is 7. The second-order valence-electron chi connectivity index (χ2n) is 20.4. The molecule has 87 heavy (non-hydrogen) atoms. The van der Waals surface area contributed by atoms with Crippen LogP contribution in [0.5, 0.6) is 0 Å². The topological polar surface area (TPSA) is 543 Å². The molecule has 0 aliphatic carbocycles. The second kappa shape index (κ2) is 34.6. The summed E-state index contributed by atoms with van der Waals surface area (Å²) in [6.45, 7) is 2.74. The van der Waals surface area contributed by atoms with Gasteiger partial charge in [0.25, 0.3) is 5.56 Å². The number of aliphatic hydroxyl groups excluding tert-OH is 1. The molecule has 0 radical (unpaired) electrons. The molecule has 8 unspecified atom stereocenters. The molecule has 0 aromatic carbocycles. The van der Waals surface area contributed by atoms with E-state index < -0.39 is 137 Å². The second-order valence-corrected chi connectivity index (χ2v) is 29.2. The number of aromatic nitrogens is 2. The first-order valence-electron chi connectivity index (χ1n) is 26.7. The zero-order chi connectivity index (χ0) is 64.9. The standard InChI is InChI=1S/C46H70N9O26P3S3/c1-46(2,87-86-18-14-33(57)47-17-8-9-25-22-55(45(70)54-40(25)64)36-21-30(56)31(79-36)23-78-83(74,75)81-84(76,77)80-82(71,72)73)15-13-26(49-34(58)12-6-5-10-32-39-29(24-85-32)52-44(69)53-39)41(65)48-16-7-3-4-11-35(59)50-27(19-37(60)61)42(66)51-28(43(67)68)20-38(62)63/h22,26-32,36,39,56H,3-7,10-21,23-24H2,1-2H3,(H,47,57)(H,48,65)(H,49,58)(H,50,59)(H,51,66)(H,60,61)(H,62,63)(H,67,68)(H,74,75)(H,76,77)(H2,52,53,69)(H,54,64,70)(H2,71,72,73)/t26?,27?,28?,29-,30?,31?,32-,36?,39-/m0/s1. The summed E-state index contributed by atoms with van der Waals surface area (Å²) in [5, 5.41) is 56.4. The third-order valence-corrected chi connectivity index (χ3v) is 21.4. The van der Waals surface area contributed by atoms with E-state index in [0.717, 1.165) is 22.9 Å². The number of aliphatic carboxylic acids is 3. The molecule has 0 saturated carbocycles. The van der Waals surface area contributed by atoms with E-state index in [0.29, 0.717) is 37.9 Å². The van der Waals surface area contributed by atoms with E-state index in [4.69, 9.17) is 19.6 Å². The Labute approximate surface area is 507 Å². The number of H-pyrrole nitrogens is 1. The molecule has 488 valence electrons. The Kier molecular flexibility index (Phi) is 29.5. The monoisotopic (exact) mass is 1350 g/mol. The first-order chi connectivity index (χ1) is 40.6. The number of carboxylic acids is 3. The number of hydrogen-bond donors (Lipinski definition) is 16. The Bertz CT molecular complexity index is 3000. The smallest absolute Gasteiger partial charge is 0.481 e. The van der Waals surface area contributed by atoms with Gasteiger partial charge in [0.05, 0.1) is 44.2 Å². The van der Waals surface area contributed by atoms with E-state index in [2.05, 4.69) is 56.9 Å². The highest BCUT2D eigenvalue weighted by Gasteiger charge is 2.44. The van der Waals surface area contributed by atoms with Crippen LogP contribution in [0.4, 0.5) is 4.79 Å². The van der Waals surface area contributed by atoms with Crippen LogP contribution >= 0.6 is 56.8 Å². The van der Waals surface area contributed by atoms with Crippen molar-refractivity contribution in [1.29, 1.82) is 0 Å². The lowest BCUT2D eigenvalue weighted by atomic mass is 10.0. The van der Waals surface area contributed by atoms with Gasteiger partial charge in [-0.15, -0.1) is 0 Å². The highest BCUT2D eigenvalue weighted by molar-refractivity contribution is 8.77. The lowest BCUT2D eigenvalue weighted by Gasteiger charge is -2.26. The number of fused-ring (bicyclic) bond motifs is 1. The zero-order valence-corrected chi connectivity index (χ0v) is 51.8. The quantitative estimate of drug-likeness (QED) is 0.0127. The summed E-state index contributed by atoms with van der Waals surface area (Å²) in [5.74, 6) is -1.62. The number of aromatic amines is 1. The van der Waals surface area contributed by atoms with Crippen molar-refractivity contribution in [3.05, 3.63) is 32.6 Å². The largest absolute Gasteiger partial charge is 0.490 e. The Balaban J connectivity index is 1.23. The number of nitrogens with zero attached hydrogens (tertiary/aromatic N) is 1. The van der Waals surface area contributed by atoms with E-state index in [9.17, 15) is 91.5 Å². The number of thioether (sulfide) groups is 1. The molecule has 41 heteroatoms. The molecule has 35 nitrogen and oxygen atoms in total. The predicted molar refractivity (Wildman–Crippen MR) is 307 cm³/mol. The van der Waals surface area contributed by atoms with Crippen LogP contribution in [0, 0.1) is 11.8 Å². The van der Waals surface area contributed by atoms with Crippen LogP contribution in [0.25, 0.3) is 0 Å². The maximum absolute atomic E-state index is 13.6. The van der Waals surface area contributed by atoms with Gasteiger partial charge in [0.2, 0.25) is 29.5 Å². The molecule has 3 saturated heterocycles. The molecule has 0 bridgehead atoms. The number of phosphoric acid groups is 3. The number of carbonyl (C=O) groups excluding carboxylic acids is 6. The molecule has 0 spiro atoms. The van der Waals surface area contributed by atoms with E-state index in [1.165, 1.54) is 21.6 Å². The van der Waals surface area contributed by atoms with Gasteiger partial charge in [-0.2, -0.15) is 20.4 Å². The Morgan fingerprint density at radius 1 is 0.816 bits per heavy atom. The van der Waals surface area contributed by atoms with Crippen molar-refractivity contribution in [3.63, 3.8) is 0 Å². The minimum absolute atomic E-state index is 0.0143. The van der Waals surface area contributed by atoms with Crippen LogP contribution in [0.2, 0.25) is 0 Å². The first kappa shape index (κ1) is 74.1. The Morgan fingerprint density at radius 2 is 1.47 bits per heavy atom. The normalized spacial score (nSPS) is 21.4. The number of phosphoric ester groups is 1. The third-order valence-electron chi connectivity index (χ3n) is 12.8. The summed E-state index contributed by atoms with van der Waals surface area (Å²) in [5.41, 5.74) is -2.20. The minimum atomic E-state index is -5.83. The van der Waals surface area contributed by atoms with Gasteiger partial charge >= 0.3 is 53.1 Å². The summed E-state index contributed by atoms with van der Waals surface area (Å²) in [7, 11) is -14.2. The van der Waals surface area contributed by atoms with E-state index >= 15 is 0 Å². The minimum Gasteiger partial charge on any atom is -0.481 e. The number of urea groups is 1. The van der Waals surface area contributed by atoms with Crippen molar-refractivity contribution in [2.24, 2.45) is 0 Å². The number of aliphatic hydroxyl groups is 1. The summed E-state index contributed by atoms with van der Waals surface area (Å²) >= 11 is 1.76. The zero-order valence-electron chi connectivity index (χ0n) is 46.6. The fourth-order valence-electron chi connectivity index (χ4n) is 8.56. The van der Waals surface area contributed by atoms with Gasteiger partial charge in [-0.1, -0.05) is 46.3 Å². The molecule has 1 aromatic rings. The summed E-state index contributed by atoms with van der Waals surface area (Å²) < 4.78 is 52.2. The molecular formula is C46H70N9O26P3S3. The van der Waals surface area contributed by atoms with Crippen molar-refractivity contribution >= 4 is 110 Å². The first-order valence-corrected chi connectivity index (χ1v) is 34.6. The summed E-state index contributed by atoms with van der Waals surface area (Å²) in [4.78, 5) is 174. The van der Waals surface area contributed by atoms with Crippen LogP contribution < -0.4 is 48.5 Å². The average molecular weight is 1350 g/mol. The van der Waals surface area contributed by atoms with Gasteiger partial charge in [0, 0.05) is 59.9 Å². The van der Waals surface area contributed by atoms with Crippen molar-refractivity contribution in [1.82, 2.24) is 46.8 Å². The van der Waals surface area contributed by atoms with Crippen LogP contribution in [0.3, 0.4) is 0 Å². The molecule has 3 aliphatic rings. The Hall–Kier alpha value is -5.35. The van der Waals surface area contributed by atoms with Crippen molar-refractivity contribution < 1.29 is 115 Å². The van der Waals surface area contributed by atoms with Crippen LogP contribution in [0.15, 0.2) is 15.8 Å². The number of hydrogen-bond acceptors (Lipinski definition) is 22. The average Bonchev–Trinajstić information content (AvgIpc) is 2.07. The van der Waals surface area contributed by atoms with E-state index in [1.807, 2.05) is 24.1 Å². The van der Waals surface area contributed by atoms with Gasteiger partial charge in [-0.05, 0) is 52.4 Å². The van der Waals surface area contributed by atoms with Gasteiger partial charge in [0.15, 0.2) is 0 Å². The lowest BCUT2D eigenvalue weighted by Crippen LogP contribution is -2.52. The lowest BCUT2D eigenvalue weighted by molar-refractivity contribution is -0.148. The van der Waals surface area contributed by atoms with Crippen molar-refractivity contribution in [2.45, 2.75) is 162 Å². The number of carboxylic acid groups (broad SMARTS) is 3. The molecule has 1 aromatic heterocycles. The SMILES string of the molecule is CC(C)(CCC(NC(=O)CCCC[C@@H]1SC[C@@H]2NC(=O)N[C@@H]21)C(=O)NCCCCCC(=O)NC(CC(=O)O)C(=O)NC(CC(=O)O)C(=O)O)SSCCC(=O)NCC#Cc1cn(C2CC(O)C(COP(=O)(O)OP(=O)(O)OP(=O)(O)O)O2)c(=O)[nH]c1=O. The number of unbranched alkanes of at least 4 members (excludes halogenated alkanes) is 3. The molecule has 3 aliphatic heterocycles. The molecule has 3 fully saturated rings. The molecule has 11 atom stereocenters. The molecule has 16 N–H and O–H groups in total.